The molecule has 0 aromatic rings. The van der Waals surface area contributed by atoms with E-state index >= 15 is 0 Å². The minimum atomic E-state index is 0.0127. The van der Waals surface area contributed by atoms with E-state index in [1.165, 1.54) is 6.42 Å². The Balaban J connectivity index is 2.50. The lowest BCUT2D eigenvalue weighted by molar-refractivity contribution is 0.102. The monoisotopic (exact) mass is 186 g/mol. The summed E-state index contributed by atoms with van der Waals surface area (Å²) >= 11 is 0. The molecule has 76 valence electrons. The highest BCUT2D eigenvalue weighted by Crippen LogP contribution is 2.24. The molecule has 1 rings (SSSR count). The number of carbonyl (C=O) groups is 1. The molecule has 0 aliphatic heterocycles. The van der Waals surface area contributed by atoms with Gasteiger partial charge in [0.25, 0.3) is 0 Å². The summed E-state index contributed by atoms with van der Waals surface area (Å²) in [5.74, 6) is 0. The van der Waals surface area contributed by atoms with Crippen LogP contribution < -0.4 is 0 Å². The van der Waals surface area contributed by atoms with Crippen LogP contribution in [0, 0.1) is 0 Å². The number of nitrogens with zero attached hydrogens (tertiary/aromatic N) is 2. The molecule has 4 nitrogen and oxygen atoms in total. The second kappa shape index (κ2) is 4.46. The van der Waals surface area contributed by atoms with Crippen molar-refractivity contribution in [2.24, 2.45) is 0 Å². The van der Waals surface area contributed by atoms with E-state index in [0.717, 1.165) is 12.8 Å². The number of amides is 2. The van der Waals surface area contributed by atoms with Crippen LogP contribution in [-0.4, -0.2) is 54.2 Å². The molecule has 1 aliphatic rings. The summed E-state index contributed by atoms with van der Waals surface area (Å²) in [7, 11) is 3.48. The van der Waals surface area contributed by atoms with Crippen molar-refractivity contribution < 1.29 is 9.90 Å². The number of urea groups is 1. The van der Waals surface area contributed by atoms with Crippen molar-refractivity contribution in [2.75, 3.05) is 27.2 Å². The van der Waals surface area contributed by atoms with Crippen LogP contribution in [0.3, 0.4) is 0 Å². The van der Waals surface area contributed by atoms with Crippen LogP contribution in [0.1, 0.15) is 19.3 Å². The van der Waals surface area contributed by atoms with Crippen molar-refractivity contribution in [1.29, 1.82) is 0 Å². The van der Waals surface area contributed by atoms with Gasteiger partial charge in [-0.3, -0.25) is 0 Å². The summed E-state index contributed by atoms with van der Waals surface area (Å²) in [5, 5.41) is 8.82. The van der Waals surface area contributed by atoms with Gasteiger partial charge < -0.3 is 14.9 Å². The molecule has 0 bridgehead atoms. The minimum absolute atomic E-state index is 0.0127. The highest BCUT2D eigenvalue weighted by atomic mass is 16.3. The maximum atomic E-state index is 11.6. The molecule has 4 heteroatoms. The zero-order valence-corrected chi connectivity index (χ0v) is 8.36. The van der Waals surface area contributed by atoms with E-state index in [1.807, 2.05) is 0 Å². The molecule has 1 saturated carbocycles. The second-order valence-corrected chi connectivity index (χ2v) is 3.68. The lowest BCUT2D eigenvalue weighted by Gasteiger charge is -2.38. The molecular formula is C9H18N2O2. The summed E-state index contributed by atoms with van der Waals surface area (Å²) in [6.07, 6.45) is 3.37. The third-order valence-corrected chi connectivity index (χ3v) is 2.48. The SMILES string of the molecule is CN(C)C(=O)N(CCO)C1CCC1. The standard InChI is InChI=1S/C9H18N2O2/c1-10(2)9(13)11(6-7-12)8-4-3-5-8/h8,12H,3-7H2,1-2H3. The van der Waals surface area contributed by atoms with Crippen molar-refractivity contribution in [3.63, 3.8) is 0 Å². The van der Waals surface area contributed by atoms with Gasteiger partial charge in [-0.25, -0.2) is 4.79 Å². The molecule has 13 heavy (non-hydrogen) atoms. The topological polar surface area (TPSA) is 43.8 Å². The predicted molar refractivity (Wildman–Crippen MR) is 50.5 cm³/mol. The van der Waals surface area contributed by atoms with Crippen LogP contribution in [0.25, 0.3) is 0 Å². The van der Waals surface area contributed by atoms with Gasteiger partial charge in [0.05, 0.1) is 6.61 Å². The second-order valence-electron chi connectivity index (χ2n) is 3.68. The third kappa shape index (κ3) is 2.34. The Morgan fingerprint density at radius 1 is 1.46 bits per heavy atom. The Morgan fingerprint density at radius 3 is 2.38 bits per heavy atom. The first-order valence-electron chi connectivity index (χ1n) is 4.75. The van der Waals surface area contributed by atoms with Gasteiger partial charge in [0.2, 0.25) is 0 Å². The van der Waals surface area contributed by atoms with Crippen LogP contribution in [0.4, 0.5) is 4.79 Å². The van der Waals surface area contributed by atoms with Gasteiger partial charge in [-0.05, 0) is 19.3 Å². The van der Waals surface area contributed by atoms with E-state index in [0.29, 0.717) is 12.6 Å². The van der Waals surface area contributed by atoms with Gasteiger partial charge in [0, 0.05) is 26.7 Å². The Hall–Kier alpha value is -0.770. The van der Waals surface area contributed by atoms with Gasteiger partial charge in [-0.2, -0.15) is 0 Å². The van der Waals surface area contributed by atoms with Gasteiger partial charge in [-0.1, -0.05) is 0 Å². The van der Waals surface area contributed by atoms with Crippen LogP contribution in [0.15, 0.2) is 0 Å². The van der Waals surface area contributed by atoms with E-state index in [9.17, 15) is 4.79 Å². The fourth-order valence-corrected chi connectivity index (χ4v) is 1.50. The van der Waals surface area contributed by atoms with Gasteiger partial charge >= 0.3 is 6.03 Å². The number of hydrogen-bond donors (Lipinski definition) is 1. The maximum absolute atomic E-state index is 11.6. The van der Waals surface area contributed by atoms with Crippen molar-refractivity contribution in [3.05, 3.63) is 0 Å². The predicted octanol–water partition coefficient (Wildman–Crippen LogP) is 0.515. The summed E-state index contributed by atoms with van der Waals surface area (Å²) < 4.78 is 0. The molecule has 0 saturated heterocycles. The highest BCUT2D eigenvalue weighted by molar-refractivity contribution is 5.74. The first-order valence-corrected chi connectivity index (χ1v) is 4.75. The molecule has 0 aromatic heterocycles. The van der Waals surface area contributed by atoms with E-state index in [-0.39, 0.29) is 12.6 Å². The number of aliphatic hydroxyl groups is 1. The van der Waals surface area contributed by atoms with Crippen molar-refractivity contribution >= 4 is 6.03 Å². The summed E-state index contributed by atoms with van der Waals surface area (Å²) in [6, 6.07) is 0.376. The zero-order chi connectivity index (χ0) is 9.84. The average Bonchev–Trinajstić information content (AvgIpc) is 1.99. The fraction of sp³-hybridized carbons (Fsp3) is 0.889. The fourth-order valence-electron chi connectivity index (χ4n) is 1.50. The highest BCUT2D eigenvalue weighted by Gasteiger charge is 2.28. The number of aliphatic hydroxyl groups excluding tert-OH is 1. The van der Waals surface area contributed by atoms with Crippen molar-refractivity contribution in [2.45, 2.75) is 25.3 Å². The molecule has 1 aliphatic carbocycles. The van der Waals surface area contributed by atoms with Gasteiger partial charge in [0.15, 0.2) is 0 Å². The smallest absolute Gasteiger partial charge is 0.319 e. The van der Waals surface area contributed by atoms with Crippen molar-refractivity contribution in [1.82, 2.24) is 9.80 Å². The van der Waals surface area contributed by atoms with Gasteiger partial charge in [-0.15, -0.1) is 0 Å². The molecule has 0 heterocycles. The number of rotatable bonds is 3. The van der Waals surface area contributed by atoms with Crippen LogP contribution in [0.2, 0.25) is 0 Å². The lowest BCUT2D eigenvalue weighted by Crippen LogP contribution is -2.49. The molecule has 0 atom stereocenters. The molecule has 0 spiro atoms. The summed E-state index contributed by atoms with van der Waals surface area (Å²) in [6.45, 7) is 0.512. The first kappa shape index (κ1) is 10.3. The maximum Gasteiger partial charge on any atom is 0.319 e. The normalized spacial score (nSPS) is 16.5. The van der Waals surface area contributed by atoms with E-state index in [2.05, 4.69) is 0 Å². The lowest BCUT2D eigenvalue weighted by atomic mass is 9.91. The molecule has 0 radical (unpaired) electrons. The minimum Gasteiger partial charge on any atom is -0.395 e. The largest absolute Gasteiger partial charge is 0.395 e. The zero-order valence-electron chi connectivity index (χ0n) is 8.36. The Labute approximate surface area is 79.1 Å². The average molecular weight is 186 g/mol. The van der Waals surface area contributed by atoms with E-state index in [4.69, 9.17) is 5.11 Å². The third-order valence-electron chi connectivity index (χ3n) is 2.48. The molecule has 0 aromatic carbocycles. The molecule has 1 N–H and O–H groups in total. The molecular weight excluding hydrogens is 168 g/mol. The van der Waals surface area contributed by atoms with Crippen LogP contribution in [0.5, 0.6) is 0 Å². The summed E-state index contributed by atoms with van der Waals surface area (Å²) in [4.78, 5) is 14.9. The van der Waals surface area contributed by atoms with Gasteiger partial charge in [0.1, 0.15) is 0 Å². The Kier molecular flexibility index (Phi) is 3.54. The first-order chi connectivity index (χ1) is 6.16. The van der Waals surface area contributed by atoms with Crippen molar-refractivity contribution in [3.8, 4) is 0 Å². The van der Waals surface area contributed by atoms with E-state index in [1.54, 1.807) is 23.9 Å². The Bertz CT molecular complexity index is 178. The summed E-state index contributed by atoms with van der Waals surface area (Å²) in [5.41, 5.74) is 0. The van der Waals surface area contributed by atoms with Crippen LogP contribution in [-0.2, 0) is 0 Å². The van der Waals surface area contributed by atoms with E-state index < -0.39 is 0 Å². The molecule has 1 fully saturated rings. The quantitative estimate of drug-likeness (QED) is 0.698. The molecule has 2 amide bonds. The number of carbonyl (C=O) groups excluding carboxylic acids is 1. The van der Waals surface area contributed by atoms with Crippen LogP contribution >= 0.6 is 0 Å². The molecule has 0 unspecified atom stereocenters. The number of hydrogen-bond acceptors (Lipinski definition) is 2. The Morgan fingerprint density at radius 2 is 2.08 bits per heavy atom.